The Kier molecular flexibility index (Phi) is 9.15. The average Bonchev–Trinajstić information content (AvgIpc) is 3.57. The molecule has 3 atom stereocenters. The molecule has 3 N–H and O–H groups in total. The molecule has 0 spiro atoms. The number of aliphatic hydroxyl groups excluding tert-OH is 1. The monoisotopic (exact) mass is 571 g/mol. The van der Waals surface area contributed by atoms with Crippen LogP contribution >= 0.6 is 0 Å². The molecule has 10 nitrogen and oxygen atoms in total. The molecule has 1 unspecified atom stereocenters. The van der Waals surface area contributed by atoms with E-state index in [1.165, 1.54) is 0 Å². The first-order valence-corrected chi connectivity index (χ1v) is 15.3. The summed E-state index contributed by atoms with van der Waals surface area (Å²) in [5, 5.41) is 16.5. The van der Waals surface area contributed by atoms with Crippen LogP contribution in [0, 0.1) is 5.92 Å². The van der Waals surface area contributed by atoms with E-state index in [-0.39, 0.29) is 17.6 Å². The van der Waals surface area contributed by atoms with Crippen LogP contribution in [0.1, 0.15) is 57.6 Å². The van der Waals surface area contributed by atoms with Gasteiger partial charge in [0.05, 0.1) is 17.5 Å². The standard InChI is InChI=1S/C29H37N3O7S/c1-29(2,3)39-28(35)32-23(18-40(36,37)17-20-13-14-20)26(34)30-22(16-15-19-9-5-4-6-10-19)25(33)27-31-21-11-7-8-12-24(21)38-27/h4-12,20,22-23,25,33H,13-18H2,1-3H3,(H,30,34)(H,32,35)/t22-,23-,25?/m0/s1. The number of nitrogens with zero attached hydrogens (tertiary/aromatic N) is 1. The minimum absolute atomic E-state index is 0.0255. The van der Waals surface area contributed by atoms with Crippen LogP contribution in [0.25, 0.3) is 11.1 Å². The molecule has 2 amide bonds. The second kappa shape index (κ2) is 12.4. The van der Waals surface area contributed by atoms with Crippen LogP contribution in [0.15, 0.2) is 59.0 Å². The number of ether oxygens (including phenoxy) is 1. The number of benzene rings is 2. The number of oxazole rings is 1. The van der Waals surface area contributed by atoms with Gasteiger partial charge in [0.25, 0.3) is 0 Å². The molecule has 0 radical (unpaired) electrons. The SMILES string of the molecule is CC(C)(C)OC(=O)N[C@@H](CS(=O)(=O)CC1CC1)C(=O)N[C@@H](CCc1ccccc1)C(O)c1nc2ccccc2o1. The number of aliphatic hydroxyl groups is 1. The molecular formula is C29H37N3O7S. The maximum Gasteiger partial charge on any atom is 0.408 e. The van der Waals surface area contributed by atoms with Gasteiger partial charge in [-0.3, -0.25) is 4.79 Å². The fraction of sp³-hybridized carbons (Fsp3) is 0.483. The third kappa shape index (κ3) is 8.79. The number of para-hydroxylation sites is 2. The van der Waals surface area contributed by atoms with Gasteiger partial charge in [0, 0.05) is 0 Å². The van der Waals surface area contributed by atoms with Crippen molar-refractivity contribution >= 4 is 32.9 Å². The van der Waals surface area contributed by atoms with Gasteiger partial charge in [-0.1, -0.05) is 42.5 Å². The molecule has 1 saturated carbocycles. The van der Waals surface area contributed by atoms with Crippen molar-refractivity contribution in [3.63, 3.8) is 0 Å². The molecule has 0 saturated heterocycles. The van der Waals surface area contributed by atoms with Gasteiger partial charge in [-0.15, -0.1) is 0 Å². The van der Waals surface area contributed by atoms with E-state index < -0.39 is 51.4 Å². The van der Waals surface area contributed by atoms with Crippen LogP contribution in [-0.2, 0) is 25.8 Å². The van der Waals surface area contributed by atoms with Gasteiger partial charge in [-0.05, 0) is 70.1 Å². The molecule has 216 valence electrons. The molecule has 0 aliphatic heterocycles. The predicted molar refractivity (Wildman–Crippen MR) is 150 cm³/mol. The minimum Gasteiger partial charge on any atom is -0.444 e. The number of hydrogen-bond acceptors (Lipinski definition) is 8. The summed E-state index contributed by atoms with van der Waals surface area (Å²) in [6.07, 6.45) is 0.221. The molecule has 1 aliphatic rings. The summed E-state index contributed by atoms with van der Waals surface area (Å²) in [5.74, 6) is -1.28. The molecule has 1 aliphatic carbocycles. The third-order valence-corrected chi connectivity index (χ3v) is 8.29. The highest BCUT2D eigenvalue weighted by molar-refractivity contribution is 7.91. The zero-order chi connectivity index (χ0) is 28.9. The predicted octanol–water partition coefficient (Wildman–Crippen LogP) is 3.70. The number of nitrogens with one attached hydrogen (secondary N) is 2. The quantitative estimate of drug-likeness (QED) is 0.298. The fourth-order valence-electron chi connectivity index (χ4n) is 4.35. The number of hydrogen-bond donors (Lipinski definition) is 3. The zero-order valence-corrected chi connectivity index (χ0v) is 23.8. The van der Waals surface area contributed by atoms with E-state index in [0.717, 1.165) is 18.4 Å². The van der Waals surface area contributed by atoms with Crippen LogP contribution < -0.4 is 10.6 Å². The number of aromatic nitrogens is 1. The Morgan fingerprint density at radius 2 is 1.75 bits per heavy atom. The lowest BCUT2D eigenvalue weighted by Crippen LogP contribution is -2.54. The highest BCUT2D eigenvalue weighted by Crippen LogP contribution is 2.30. The van der Waals surface area contributed by atoms with E-state index in [4.69, 9.17) is 9.15 Å². The normalized spacial score (nSPS) is 16.2. The van der Waals surface area contributed by atoms with Crippen LogP contribution in [0.2, 0.25) is 0 Å². The summed E-state index contributed by atoms with van der Waals surface area (Å²) >= 11 is 0. The van der Waals surface area contributed by atoms with E-state index in [0.29, 0.717) is 23.9 Å². The number of carbonyl (C=O) groups is 2. The molecule has 2 aromatic carbocycles. The summed E-state index contributed by atoms with van der Waals surface area (Å²) < 4.78 is 36.8. The first kappa shape index (κ1) is 29.5. The van der Waals surface area contributed by atoms with E-state index in [1.54, 1.807) is 45.0 Å². The largest absolute Gasteiger partial charge is 0.444 e. The van der Waals surface area contributed by atoms with E-state index >= 15 is 0 Å². The Labute approximate surface area is 234 Å². The van der Waals surface area contributed by atoms with Crippen molar-refractivity contribution in [3.8, 4) is 0 Å². The van der Waals surface area contributed by atoms with Crippen LogP contribution in [-0.4, -0.2) is 59.7 Å². The van der Waals surface area contributed by atoms with E-state index in [9.17, 15) is 23.1 Å². The van der Waals surface area contributed by atoms with Crippen molar-refractivity contribution in [1.82, 2.24) is 15.6 Å². The Morgan fingerprint density at radius 3 is 2.40 bits per heavy atom. The molecule has 4 rings (SSSR count). The second-order valence-electron chi connectivity index (χ2n) is 11.3. The van der Waals surface area contributed by atoms with E-state index in [2.05, 4.69) is 15.6 Å². The second-order valence-corrected chi connectivity index (χ2v) is 13.5. The number of aryl methyl sites for hydroxylation is 1. The summed E-state index contributed by atoms with van der Waals surface area (Å²) in [4.78, 5) is 30.5. The summed E-state index contributed by atoms with van der Waals surface area (Å²) in [6.45, 7) is 5.01. The van der Waals surface area contributed by atoms with Gasteiger partial charge < -0.3 is 24.9 Å². The van der Waals surface area contributed by atoms with Crippen molar-refractivity contribution in [2.45, 2.75) is 70.2 Å². The zero-order valence-electron chi connectivity index (χ0n) is 23.0. The van der Waals surface area contributed by atoms with Gasteiger partial charge in [0.2, 0.25) is 11.8 Å². The van der Waals surface area contributed by atoms with Crippen LogP contribution in [0.5, 0.6) is 0 Å². The lowest BCUT2D eigenvalue weighted by atomic mass is 10.0. The molecular weight excluding hydrogens is 534 g/mol. The first-order valence-electron chi connectivity index (χ1n) is 13.5. The lowest BCUT2D eigenvalue weighted by molar-refractivity contribution is -0.124. The summed E-state index contributed by atoms with van der Waals surface area (Å²) in [6, 6.07) is 14.3. The average molecular weight is 572 g/mol. The first-order chi connectivity index (χ1) is 18.9. The van der Waals surface area contributed by atoms with Crippen LogP contribution in [0.3, 0.4) is 0 Å². The minimum atomic E-state index is -3.66. The summed E-state index contributed by atoms with van der Waals surface area (Å²) in [7, 11) is -3.66. The topological polar surface area (TPSA) is 148 Å². The van der Waals surface area contributed by atoms with Crippen molar-refractivity contribution in [2.75, 3.05) is 11.5 Å². The number of carbonyl (C=O) groups excluding carboxylic acids is 2. The highest BCUT2D eigenvalue weighted by Gasteiger charge is 2.36. The van der Waals surface area contributed by atoms with Crippen molar-refractivity contribution in [3.05, 3.63) is 66.1 Å². The van der Waals surface area contributed by atoms with Gasteiger partial charge in [0.1, 0.15) is 17.2 Å². The highest BCUT2D eigenvalue weighted by atomic mass is 32.2. The van der Waals surface area contributed by atoms with Gasteiger partial charge in [-0.25, -0.2) is 18.2 Å². The Morgan fingerprint density at radius 1 is 1.07 bits per heavy atom. The van der Waals surface area contributed by atoms with Gasteiger partial charge >= 0.3 is 6.09 Å². The molecule has 1 aromatic heterocycles. The maximum absolute atomic E-state index is 13.5. The maximum atomic E-state index is 13.5. The lowest BCUT2D eigenvalue weighted by Gasteiger charge is -2.27. The van der Waals surface area contributed by atoms with Crippen molar-refractivity contribution < 1.29 is 32.3 Å². The molecule has 1 heterocycles. The molecule has 11 heteroatoms. The molecule has 0 bridgehead atoms. The van der Waals surface area contributed by atoms with E-state index in [1.807, 2.05) is 30.3 Å². The number of fused-ring (bicyclic) bond motifs is 1. The fourth-order valence-corrected chi connectivity index (χ4v) is 6.28. The number of rotatable bonds is 12. The Hall–Kier alpha value is -3.44. The van der Waals surface area contributed by atoms with Gasteiger partial charge in [-0.2, -0.15) is 0 Å². The smallest absolute Gasteiger partial charge is 0.408 e. The molecule has 3 aromatic rings. The molecule has 1 fully saturated rings. The molecule has 40 heavy (non-hydrogen) atoms. The number of sulfone groups is 1. The van der Waals surface area contributed by atoms with Crippen molar-refractivity contribution in [1.29, 1.82) is 0 Å². The van der Waals surface area contributed by atoms with Gasteiger partial charge in [0.15, 0.2) is 21.5 Å². The Bertz CT molecular complexity index is 1380. The van der Waals surface area contributed by atoms with Crippen molar-refractivity contribution in [2.24, 2.45) is 5.92 Å². The number of amides is 2. The summed E-state index contributed by atoms with van der Waals surface area (Å²) in [5.41, 5.74) is 1.18. The third-order valence-electron chi connectivity index (χ3n) is 6.47. The Balaban J connectivity index is 1.56. The number of alkyl carbamates (subject to hydrolysis) is 1. The van der Waals surface area contributed by atoms with Crippen LogP contribution in [0.4, 0.5) is 4.79 Å².